The van der Waals surface area contributed by atoms with Crippen LogP contribution in [0, 0.1) is 0 Å². The lowest BCUT2D eigenvalue weighted by Crippen LogP contribution is -2.30. The van der Waals surface area contributed by atoms with Crippen molar-refractivity contribution >= 4 is 29.3 Å². The number of thioether (sulfide) groups is 1. The first-order chi connectivity index (χ1) is 10.5. The van der Waals surface area contributed by atoms with Crippen LogP contribution in [0.15, 0.2) is 35.7 Å². The number of halogens is 1. The van der Waals surface area contributed by atoms with Crippen molar-refractivity contribution in [3.63, 3.8) is 0 Å². The Labute approximate surface area is 139 Å². The third-order valence-corrected chi connectivity index (χ3v) is 4.60. The van der Waals surface area contributed by atoms with E-state index in [4.69, 9.17) is 11.6 Å². The van der Waals surface area contributed by atoms with Gasteiger partial charge in [0.25, 0.3) is 0 Å². The van der Waals surface area contributed by atoms with E-state index in [1.54, 1.807) is 6.33 Å². The molecule has 2 aromatic rings. The highest BCUT2D eigenvalue weighted by Crippen LogP contribution is 2.23. The number of hydrogen-bond acceptors (Lipinski definition) is 4. The van der Waals surface area contributed by atoms with Crippen LogP contribution in [0.4, 0.5) is 0 Å². The topological polar surface area (TPSA) is 59.8 Å². The molecule has 0 aliphatic rings. The summed E-state index contributed by atoms with van der Waals surface area (Å²) in [6, 6.07) is 7.74. The fourth-order valence-electron chi connectivity index (χ4n) is 1.85. The van der Waals surface area contributed by atoms with Crippen LogP contribution in [0.2, 0.25) is 5.02 Å². The SMILES string of the molecule is CC(C)n1cnnc1S[C@@H](C)C(=O)NCc1ccccc1Cl. The van der Waals surface area contributed by atoms with Gasteiger partial charge in [-0.25, -0.2) is 0 Å². The number of carbonyl (C=O) groups is 1. The molecule has 1 N–H and O–H groups in total. The molecule has 0 saturated carbocycles. The van der Waals surface area contributed by atoms with Crippen LogP contribution in [-0.2, 0) is 11.3 Å². The van der Waals surface area contributed by atoms with E-state index < -0.39 is 0 Å². The number of carbonyl (C=O) groups excluding carboxylic acids is 1. The summed E-state index contributed by atoms with van der Waals surface area (Å²) in [7, 11) is 0. The van der Waals surface area contributed by atoms with Crippen molar-refractivity contribution in [3.8, 4) is 0 Å². The summed E-state index contributed by atoms with van der Waals surface area (Å²) in [6.07, 6.45) is 1.68. The van der Waals surface area contributed by atoms with E-state index in [0.717, 1.165) is 10.7 Å². The highest BCUT2D eigenvalue weighted by Gasteiger charge is 2.18. The predicted molar refractivity (Wildman–Crippen MR) is 89.0 cm³/mol. The maximum absolute atomic E-state index is 12.2. The summed E-state index contributed by atoms with van der Waals surface area (Å²) < 4.78 is 1.95. The first-order valence-electron chi connectivity index (χ1n) is 7.06. The van der Waals surface area contributed by atoms with Gasteiger partial charge in [-0.1, -0.05) is 41.6 Å². The molecule has 1 amide bonds. The third-order valence-electron chi connectivity index (χ3n) is 3.16. The summed E-state index contributed by atoms with van der Waals surface area (Å²) in [5.41, 5.74) is 0.903. The number of hydrogen-bond donors (Lipinski definition) is 1. The number of rotatable bonds is 6. The number of aromatic nitrogens is 3. The average Bonchev–Trinajstić information content (AvgIpc) is 2.94. The minimum absolute atomic E-state index is 0.0526. The zero-order valence-corrected chi connectivity index (χ0v) is 14.4. The molecule has 0 spiro atoms. The minimum atomic E-state index is -0.260. The van der Waals surface area contributed by atoms with Crippen molar-refractivity contribution in [2.24, 2.45) is 0 Å². The molecule has 1 heterocycles. The molecule has 0 aliphatic carbocycles. The molecule has 5 nitrogen and oxygen atoms in total. The number of nitrogens with one attached hydrogen (secondary N) is 1. The van der Waals surface area contributed by atoms with Crippen LogP contribution in [-0.4, -0.2) is 25.9 Å². The highest BCUT2D eigenvalue weighted by molar-refractivity contribution is 8.00. The van der Waals surface area contributed by atoms with Crippen LogP contribution < -0.4 is 5.32 Å². The number of nitrogens with zero attached hydrogens (tertiary/aromatic N) is 3. The fourth-order valence-corrected chi connectivity index (χ4v) is 3.03. The quantitative estimate of drug-likeness (QED) is 0.821. The Morgan fingerprint density at radius 3 is 2.77 bits per heavy atom. The predicted octanol–water partition coefficient (Wildman–Crippen LogP) is 3.31. The van der Waals surface area contributed by atoms with E-state index in [1.165, 1.54) is 11.8 Å². The summed E-state index contributed by atoms with van der Waals surface area (Å²) >= 11 is 7.48. The minimum Gasteiger partial charge on any atom is -0.351 e. The first-order valence-corrected chi connectivity index (χ1v) is 8.32. The molecule has 22 heavy (non-hydrogen) atoms. The van der Waals surface area contributed by atoms with Crippen molar-refractivity contribution < 1.29 is 4.79 Å². The Kier molecular flexibility index (Phi) is 5.85. The van der Waals surface area contributed by atoms with Gasteiger partial charge in [0.05, 0.1) is 5.25 Å². The molecule has 1 aromatic carbocycles. The maximum Gasteiger partial charge on any atom is 0.233 e. The maximum atomic E-state index is 12.2. The zero-order chi connectivity index (χ0) is 16.1. The standard InChI is InChI=1S/C15H19ClN4OS/c1-10(2)20-9-18-19-15(20)22-11(3)14(21)17-8-12-6-4-5-7-13(12)16/h4-7,9-11H,8H2,1-3H3,(H,17,21)/t11-/m0/s1. The summed E-state index contributed by atoms with van der Waals surface area (Å²) in [5.74, 6) is -0.0526. The normalized spacial score (nSPS) is 12.4. The number of amides is 1. The molecule has 0 aliphatic heterocycles. The lowest BCUT2D eigenvalue weighted by Gasteiger charge is -2.14. The molecule has 7 heteroatoms. The van der Waals surface area contributed by atoms with E-state index in [0.29, 0.717) is 11.6 Å². The van der Waals surface area contributed by atoms with Gasteiger partial charge in [-0.3, -0.25) is 4.79 Å². The second-order valence-corrected chi connectivity index (χ2v) is 6.90. The Morgan fingerprint density at radius 2 is 2.09 bits per heavy atom. The van der Waals surface area contributed by atoms with Crippen molar-refractivity contribution in [3.05, 3.63) is 41.2 Å². The van der Waals surface area contributed by atoms with Gasteiger partial charge in [0.15, 0.2) is 5.16 Å². The fraction of sp³-hybridized carbons (Fsp3) is 0.400. The molecule has 1 aromatic heterocycles. The molecule has 118 valence electrons. The van der Waals surface area contributed by atoms with Gasteiger partial charge in [-0.15, -0.1) is 10.2 Å². The smallest absolute Gasteiger partial charge is 0.233 e. The molecule has 0 fully saturated rings. The van der Waals surface area contributed by atoms with E-state index in [9.17, 15) is 4.79 Å². The lowest BCUT2D eigenvalue weighted by molar-refractivity contribution is -0.120. The Hall–Kier alpha value is -1.53. The van der Waals surface area contributed by atoms with Crippen molar-refractivity contribution in [2.75, 3.05) is 0 Å². The van der Waals surface area contributed by atoms with Gasteiger partial charge in [-0.05, 0) is 32.4 Å². The molecule has 0 unspecified atom stereocenters. The molecular formula is C15H19ClN4OS. The second-order valence-electron chi connectivity index (χ2n) is 5.18. The Balaban J connectivity index is 1.92. The lowest BCUT2D eigenvalue weighted by atomic mass is 10.2. The summed E-state index contributed by atoms with van der Waals surface area (Å²) in [4.78, 5) is 12.2. The molecule has 1 atom stereocenters. The van der Waals surface area contributed by atoms with Gasteiger partial charge < -0.3 is 9.88 Å². The highest BCUT2D eigenvalue weighted by atomic mass is 35.5. The van der Waals surface area contributed by atoms with E-state index in [-0.39, 0.29) is 17.2 Å². The number of benzene rings is 1. The van der Waals surface area contributed by atoms with Crippen LogP contribution in [0.1, 0.15) is 32.4 Å². The van der Waals surface area contributed by atoms with Gasteiger partial charge >= 0.3 is 0 Å². The van der Waals surface area contributed by atoms with Crippen molar-refractivity contribution in [1.29, 1.82) is 0 Å². The molecule has 0 radical (unpaired) electrons. The van der Waals surface area contributed by atoms with Crippen LogP contribution in [0.5, 0.6) is 0 Å². The second kappa shape index (κ2) is 7.65. The van der Waals surface area contributed by atoms with Gasteiger partial charge in [-0.2, -0.15) is 0 Å². The van der Waals surface area contributed by atoms with E-state index in [1.807, 2.05) is 35.8 Å². The zero-order valence-electron chi connectivity index (χ0n) is 12.8. The first kappa shape index (κ1) is 16.8. The van der Waals surface area contributed by atoms with Gasteiger partial charge in [0.1, 0.15) is 6.33 Å². The monoisotopic (exact) mass is 338 g/mol. The average molecular weight is 339 g/mol. The molecule has 0 saturated heterocycles. The van der Waals surface area contributed by atoms with E-state index in [2.05, 4.69) is 29.4 Å². The van der Waals surface area contributed by atoms with Gasteiger partial charge in [0.2, 0.25) is 5.91 Å². The van der Waals surface area contributed by atoms with Crippen LogP contribution in [0.25, 0.3) is 0 Å². The Morgan fingerprint density at radius 1 is 1.36 bits per heavy atom. The summed E-state index contributed by atoms with van der Waals surface area (Å²) in [6.45, 7) is 6.37. The van der Waals surface area contributed by atoms with Gasteiger partial charge in [0, 0.05) is 17.6 Å². The molecular weight excluding hydrogens is 320 g/mol. The largest absolute Gasteiger partial charge is 0.351 e. The molecule has 0 bridgehead atoms. The summed E-state index contributed by atoms with van der Waals surface area (Å²) in [5, 5.41) is 12.0. The molecule has 2 rings (SSSR count). The van der Waals surface area contributed by atoms with Crippen molar-refractivity contribution in [2.45, 2.75) is 43.8 Å². The van der Waals surface area contributed by atoms with Crippen LogP contribution >= 0.6 is 23.4 Å². The van der Waals surface area contributed by atoms with Crippen LogP contribution in [0.3, 0.4) is 0 Å². The Bertz CT molecular complexity index is 644. The van der Waals surface area contributed by atoms with Crippen molar-refractivity contribution in [1.82, 2.24) is 20.1 Å². The van der Waals surface area contributed by atoms with E-state index >= 15 is 0 Å². The third kappa shape index (κ3) is 4.24.